The van der Waals surface area contributed by atoms with Crippen molar-refractivity contribution in [3.63, 3.8) is 0 Å². The fourth-order valence-corrected chi connectivity index (χ4v) is 7.46. The summed E-state index contributed by atoms with van der Waals surface area (Å²) in [5.41, 5.74) is -0.319. The van der Waals surface area contributed by atoms with Gasteiger partial charge in [-0.15, -0.1) is 0 Å². The van der Waals surface area contributed by atoms with E-state index in [1.165, 1.54) is 32.6 Å². The molecular weight excluding hydrogens is 536 g/mol. The van der Waals surface area contributed by atoms with Gasteiger partial charge in [0.2, 0.25) is 6.29 Å². The maximum absolute atomic E-state index is 13.2. The number of rotatable bonds is 15. The highest BCUT2D eigenvalue weighted by Crippen LogP contribution is 2.67. The van der Waals surface area contributed by atoms with Gasteiger partial charge in [-0.2, -0.15) is 0 Å². The molecule has 0 amide bonds. The zero-order valence-corrected chi connectivity index (χ0v) is 26.6. The highest BCUT2D eigenvalue weighted by molar-refractivity contribution is 5.69. The van der Waals surface area contributed by atoms with Crippen molar-refractivity contribution < 1.29 is 38.7 Å². The maximum Gasteiger partial charge on any atom is 0.306 e. The lowest BCUT2D eigenvalue weighted by Gasteiger charge is -2.62. The Balaban J connectivity index is 2.01. The van der Waals surface area contributed by atoms with Crippen LogP contribution in [0.2, 0.25) is 0 Å². The molecule has 8 nitrogen and oxygen atoms in total. The molecule has 0 bridgehead atoms. The summed E-state index contributed by atoms with van der Waals surface area (Å²) >= 11 is 0. The Labute approximate surface area is 252 Å². The predicted octanol–water partition coefficient (Wildman–Crippen LogP) is 6.15. The van der Waals surface area contributed by atoms with Crippen LogP contribution < -0.4 is 0 Å². The average Bonchev–Trinajstić information content (AvgIpc) is 3.24. The van der Waals surface area contributed by atoms with Crippen molar-refractivity contribution >= 4 is 11.9 Å². The first-order valence-corrected chi connectivity index (χ1v) is 16.0. The summed E-state index contributed by atoms with van der Waals surface area (Å²) in [6.45, 7) is 15.6. The summed E-state index contributed by atoms with van der Waals surface area (Å²) in [5, 5.41) is 23.4. The zero-order chi connectivity index (χ0) is 31.1. The van der Waals surface area contributed by atoms with Gasteiger partial charge >= 0.3 is 11.9 Å². The van der Waals surface area contributed by atoms with Gasteiger partial charge in [0.1, 0.15) is 12.2 Å². The van der Waals surface area contributed by atoms with Crippen LogP contribution in [-0.4, -0.2) is 59.7 Å². The predicted molar refractivity (Wildman–Crippen MR) is 161 cm³/mol. The molecule has 1 saturated carbocycles. The monoisotopic (exact) mass is 590 g/mol. The van der Waals surface area contributed by atoms with Crippen molar-refractivity contribution in [2.45, 2.75) is 137 Å². The lowest BCUT2D eigenvalue weighted by atomic mass is 9.44. The van der Waals surface area contributed by atoms with Crippen LogP contribution in [0.15, 0.2) is 36.0 Å². The van der Waals surface area contributed by atoms with Crippen molar-refractivity contribution in [2.75, 3.05) is 6.61 Å². The van der Waals surface area contributed by atoms with Gasteiger partial charge in [-0.25, -0.2) is 0 Å². The van der Waals surface area contributed by atoms with Crippen molar-refractivity contribution in [1.29, 1.82) is 0 Å². The topological polar surface area (TPSA) is 112 Å². The summed E-state index contributed by atoms with van der Waals surface area (Å²) in [4.78, 5) is 25.6. The molecule has 2 aliphatic carbocycles. The molecule has 0 aromatic heterocycles. The van der Waals surface area contributed by atoms with Crippen LogP contribution in [0, 0.1) is 22.7 Å². The first-order valence-electron chi connectivity index (χ1n) is 16.0. The molecule has 8 heteroatoms. The molecule has 42 heavy (non-hydrogen) atoms. The van der Waals surface area contributed by atoms with Gasteiger partial charge in [-0.3, -0.25) is 9.59 Å². The third-order valence-electron chi connectivity index (χ3n) is 9.98. The second kappa shape index (κ2) is 15.1. The molecule has 3 aliphatic rings. The Morgan fingerprint density at radius 2 is 1.76 bits per heavy atom. The van der Waals surface area contributed by atoms with Gasteiger partial charge in [0.05, 0.1) is 11.5 Å². The van der Waals surface area contributed by atoms with Crippen molar-refractivity contribution in [3.8, 4) is 0 Å². The number of allylic oxidation sites excluding steroid dienone is 3. The smallest absolute Gasteiger partial charge is 0.306 e. The Kier molecular flexibility index (Phi) is 12.4. The standard InChI is InChI=1S/C34H54O8/c1-8-11-12-13-14-15-16-17-28(37)41-29-23(5)33(7,19-18-22(4)9-2)27-21-25(36)20-26-31(39-10-3)42-32(40-24(6)35)34(26,27)30(29)38/h9,18,20,23,25,27,29-32,36,38H,2,8,10-17,19,21H2,1,3-7H3/b22-18-/t23-,25+,27+,29-,30?,31+,32-,33-,34?/m1/s1. The summed E-state index contributed by atoms with van der Waals surface area (Å²) in [6, 6.07) is 0. The normalized spacial score (nSPS) is 36.0. The van der Waals surface area contributed by atoms with E-state index in [1.807, 2.05) is 20.8 Å². The third-order valence-corrected chi connectivity index (χ3v) is 9.98. The summed E-state index contributed by atoms with van der Waals surface area (Å²) in [6.07, 6.45) is 9.27. The van der Waals surface area contributed by atoms with E-state index in [2.05, 4.69) is 26.5 Å². The first kappa shape index (κ1) is 34.5. The second-order valence-electron chi connectivity index (χ2n) is 12.7. The number of ether oxygens (including phenoxy) is 4. The van der Waals surface area contributed by atoms with Gasteiger partial charge in [-0.05, 0) is 50.0 Å². The average molecular weight is 591 g/mol. The molecule has 1 aliphatic heterocycles. The second-order valence-corrected chi connectivity index (χ2v) is 12.7. The van der Waals surface area contributed by atoms with Gasteiger partial charge in [0, 0.05) is 25.9 Å². The number of hydrogen-bond acceptors (Lipinski definition) is 8. The molecule has 0 aromatic carbocycles. The van der Waals surface area contributed by atoms with Crippen molar-refractivity contribution in [2.24, 2.45) is 22.7 Å². The number of hydrogen-bond donors (Lipinski definition) is 2. The van der Waals surface area contributed by atoms with E-state index >= 15 is 0 Å². The van der Waals surface area contributed by atoms with E-state index in [0.717, 1.165) is 24.8 Å². The van der Waals surface area contributed by atoms with Crippen LogP contribution in [-0.2, 0) is 28.5 Å². The summed E-state index contributed by atoms with van der Waals surface area (Å²) in [5.74, 6) is -1.57. The zero-order valence-electron chi connectivity index (χ0n) is 26.6. The molecule has 2 N–H and O–H groups in total. The number of aliphatic hydroxyl groups excluding tert-OH is 2. The molecule has 9 atom stereocenters. The lowest BCUT2D eigenvalue weighted by molar-refractivity contribution is -0.277. The van der Waals surface area contributed by atoms with E-state index < -0.39 is 47.7 Å². The van der Waals surface area contributed by atoms with Gasteiger partial charge in [0.25, 0.3) is 0 Å². The lowest BCUT2D eigenvalue weighted by Crippen LogP contribution is -2.68. The quantitative estimate of drug-likeness (QED) is 0.101. The summed E-state index contributed by atoms with van der Waals surface area (Å²) < 4.78 is 24.1. The van der Waals surface area contributed by atoms with Crippen LogP contribution >= 0.6 is 0 Å². The van der Waals surface area contributed by atoms with Crippen molar-refractivity contribution in [3.05, 3.63) is 36.0 Å². The third kappa shape index (κ3) is 7.03. The molecule has 0 radical (unpaired) electrons. The van der Waals surface area contributed by atoms with Crippen LogP contribution in [0.4, 0.5) is 0 Å². The number of aliphatic hydroxyl groups is 2. The minimum Gasteiger partial charge on any atom is -0.459 e. The number of unbranched alkanes of at least 4 members (excludes halogenated alkanes) is 6. The largest absolute Gasteiger partial charge is 0.459 e. The molecule has 238 valence electrons. The Bertz CT molecular complexity index is 1000. The van der Waals surface area contributed by atoms with Gasteiger partial charge < -0.3 is 29.2 Å². The van der Waals surface area contributed by atoms with E-state index in [0.29, 0.717) is 25.0 Å². The minimum atomic E-state index is -1.27. The number of esters is 2. The van der Waals surface area contributed by atoms with Gasteiger partial charge in [0.15, 0.2) is 6.29 Å². The highest BCUT2D eigenvalue weighted by atomic mass is 16.8. The molecule has 0 aromatic rings. The minimum absolute atomic E-state index is 0.277. The molecule has 1 saturated heterocycles. The van der Waals surface area contributed by atoms with E-state index in [9.17, 15) is 19.8 Å². The van der Waals surface area contributed by atoms with E-state index in [1.54, 1.807) is 12.2 Å². The first-order chi connectivity index (χ1) is 20.0. The maximum atomic E-state index is 13.2. The van der Waals surface area contributed by atoms with E-state index in [-0.39, 0.29) is 24.2 Å². The van der Waals surface area contributed by atoms with Gasteiger partial charge in [-0.1, -0.05) is 89.7 Å². The van der Waals surface area contributed by atoms with Crippen LogP contribution in [0.1, 0.15) is 106 Å². The van der Waals surface area contributed by atoms with Crippen LogP contribution in [0.25, 0.3) is 0 Å². The Morgan fingerprint density at radius 3 is 2.38 bits per heavy atom. The highest BCUT2D eigenvalue weighted by Gasteiger charge is 2.73. The molecule has 3 rings (SSSR count). The number of carbonyl (C=O) groups is 2. The Morgan fingerprint density at radius 1 is 1.10 bits per heavy atom. The molecule has 2 fully saturated rings. The SMILES string of the molecule is C=C/C(C)=C\C[C@]1(C)[C@H](C)[C@@H](OC(=O)CCCCCCCCC)C(O)C23C(=C[C@H](O)C[C@H]21)[C@@H](OCC)O[C@H]3OC(C)=O. The van der Waals surface area contributed by atoms with Crippen LogP contribution in [0.5, 0.6) is 0 Å². The Hall–Kier alpha value is -2.00. The van der Waals surface area contributed by atoms with Crippen LogP contribution in [0.3, 0.4) is 0 Å². The van der Waals surface area contributed by atoms with E-state index in [4.69, 9.17) is 18.9 Å². The summed E-state index contributed by atoms with van der Waals surface area (Å²) in [7, 11) is 0. The number of carbonyl (C=O) groups excluding carboxylic acids is 2. The molecule has 1 heterocycles. The fourth-order valence-electron chi connectivity index (χ4n) is 7.46. The molecule has 2 unspecified atom stereocenters. The van der Waals surface area contributed by atoms with Crippen molar-refractivity contribution in [1.82, 2.24) is 0 Å². The fraction of sp³-hybridized carbons (Fsp3) is 0.765. The molecular formula is C34H54O8. The molecule has 1 spiro atoms.